The predicted octanol–water partition coefficient (Wildman–Crippen LogP) is 0.186. The van der Waals surface area contributed by atoms with Crippen molar-refractivity contribution in [2.45, 2.75) is 13.8 Å². The predicted molar refractivity (Wildman–Crippen MR) is 50.9 cm³/mol. The van der Waals surface area contributed by atoms with Gasteiger partial charge < -0.3 is 13.3 Å². The lowest BCUT2D eigenvalue weighted by Crippen LogP contribution is -2.52. The highest BCUT2D eigenvalue weighted by atomic mass is 32.4. The van der Waals surface area contributed by atoms with Crippen molar-refractivity contribution in [3.05, 3.63) is 0 Å². The molecule has 0 aromatic carbocycles. The first-order valence-corrected chi connectivity index (χ1v) is 8.06. The summed E-state index contributed by atoms with van der Waals surface area (Å²) in [7, 11) is -4.33. The van der Waals surface area contributed by atoms with Crippen LogP contribution in [0.5, 0.6) is 0 Å². The third kappa shape index (κ3) is 2.50. The molecule has 0 aliphatic rings. The minimum absolute atomic E-state index is 0.0408. The normalized spacial score (nSPS) is 13.2. The minimum atomic E-state index is -3.50. The van der Waals surface area contributed by atoms with E-state index in [0.29, 0.717) is 0 Å². The Morgan fingerprint density at radius 1 is 1.15 bits per heavy atom. The molecule has 0 saturated heterocycles. The molecule has 80 valence electrons. The van der Waals surface area contributed by atoms with Crippen LogP contribution in [-0.2, 0) is 22.6 Å². The van der Waals surface area contributed by atoms with Gasteiger partial charge in [-0.25, -0.2) is 8.42 Å². The monoisotopic (exact) mass is 228 g/mol. The summed E-state index contributed by atoms with van der Waals surface area (Å²) in [6.07, 6.45) is 0. The molecule has 13 heavy (non-hydrogen) atoms. The van der Waals surface area contributed by atoms with Crippen LogP contribution in [0.25, 0.3) is 0 Å². The van der Waals surface area contributed by atoms with Crippen molar-refractivity contribution in [3.63, 3.8) is 0 Å². The number of hydrogen-bond donors (Lipinski definition) is 0. The van der Waals surface area contributed by atoms with Gasteiger partial charge in [0.15, 0.2) is 0 Å². The number of hydrogen-bond acceptors (Lipinski definition) is 5. The van der Waals surface area contributed by atoms with Gasteiger partial charge in [0.2, 0.25) is 9.29 Å². The molecule has 0 aliphatic carbocycles. The smallest absolute Gasteiger partial charge is 0.366 e. The second-order valence-corrected chi connectivity index (χ2v) is 9.52. The molecule has 0 radical (unpaired) electrons. The van der Waals surface area contributed by atoms with Crippen LogP contribution in [0.15, 0.2) is 0 Å². The van der Waals surface area contributed by atoms with Gasteiger partial charge in [-0.15, -0.1) is 0 Å². The van der Waals surface area contributed by atoms with E-state index in [1.807, 2.05) is 0 Å². The van der Waals surface area contributed by atoms with Crippen LogP contribution >= 0.6 is 0 Å². The Morgan fingerprint density at radius 3 is 1.85 bits per heavy atom. The Balaban J connectivity index is 4.97. The van der Waals surface area contributed by atoms with E-state index in [4.69, 9.17) is 13.3 Å². The van der Waals surface area contributed by atoms with Gasteiger partial charge in [0.1, 0.15) is 0 Å². The lowest BCUT2D eigenvalue weighted by atomic mass is 10.9. The van der Waals surface area contributed by atoms with Crippen molar-refractivity contribution in [2.75, 3.05) is 26.6 Å². The molecule has 0 bridgehead atoms. The molecule has 0 aromatic heterocycles. The Labute approximate surface area is 79.9 Å². The van der Waals surface area contributed by atoms with Crippen molar-refractivity contribution in [1.29, 1.82) is 0 Å². The lowest BCUT2D eigenvalue weighted by molar-refractivity contribution is 0.127. The van der Waals surface area contributed by atoms with Crippen molar-refractivity contribution in [1.82, 2.24) is 0 Å². The van der Waals surface area contributed by atoms with E-state index in [1.54, 1.807) is 6.92 Å². The summed E-state index contributed by atoms with van der Waals surface area (Å²) < 4.78 is 38.0. The van der Waals surface area contributed by atoms with Gasteiger partial charge >= 0.3 is 7.95 Å². The van der Waals surface area contributed by atoms with E-state index in [-0.39, 0.29) is 12.4 Å². The first kappa shape index (κ1) is 13.0. The van der Waals surface area contributed by atoms with Crippen LogP contribution < -0.4 is 0 Å². The third-order valence-electron chi connectivity index (χ3n) is 1.58. The Hall–Kier alpha value is 0.0469. The van der Waals surface area contributed by atoms with E-state index in [1.165, 1.54) is 21.1 Å². The SMILES string of the molecule is CCO[Si](OC)(OC)S(=O)(=O)CC. The molecule has 7 heteroatoms. The molecule has 0 aromatic rings. The second kappa shape index (κ2) is 5.06. The molecule has 5 nitrogen and oxygen atoms in total. The van der Waals surface area contributed by atoms with E-state index in [0.717, 1.165) is 0 Å². The first-order chi connectivity index (χ1) is 5.99. The third-order valence-corrected chi connectivity index (χ3v) is 9.25. The molecule has 0 rings (SSSR count). The molecule has 0 atom stereocenters. The van der Waals surface area contributed by atoms with Crippen LogP contribution in [0, 0.1) is 0 Å². The van der Waals surface area contributed by atoms with Gasteiger partial charge in [-0.2, -0.15) is 0 Å². The van der Waals surface area contributed by atoms with E-state index in [2.05, 4.69) is 0 Å². The summed E-state index contributed by atoms with van der Waals surface area (Å²) in [5, 5.41) is 0. The summed E-state index contributed by atoms with van der Waals surface area (Å²) in [6, 6.07) is 0. The van der Waals surface area contributed by atoms with Gasteiger partial charge in [-0.05, 0) is 6.92 Å². The Bertz CT molecular complexity index is 233. The van der Waals surface area contributed by atoms with Gasteiger partial charge in [-0.1, -0.05) is 6.92 Å². The van der Waals surface area contributed by atoms with Crippen LogP contribution in [0.3, 0.4) is 0 Å². The fourth-order valence-electron chi connectivity index (χ4n) is 0.898. The van der Waals surface area contributed by atoms with Gasteiger partial charge in [-0.3, -0.25) is 0 Å². The molecule has 0 aliphatic heterocycles. The maximum atomic E-state index is 11.6. The summed E-state index contributed by atoms with van der Waals surface area (Å²) in [6.45, 7) is 3.49. The van der Waals surface area contributed by atoms with Crippen LogP contribution in [0.4, 0.5) is 0 Å². The summed E-state index contributed by atoms with van der Waals surface area (Å²) in [4.78, 5) is 0. The van der Waals surface area contributed by atoms with E-state index >= 15 is 0 Å². The molecule has 0 heterocycles. The molecule has 0 saturated carbocycles. The molecular weight excluding hydrogens is 212 g/mol. The molecular formula is C6H16O5SSi. The Morgan fingerprint density at radius 2 is 1.62 bits per heavy atom. The number of rotatable bonds is 6. The maximum absolute atomic E-state index is 11.6. The van der Waals surface area contributed by atoms with Gasteiger partial charge in [0, 0.05) is 26.6 Å². The Kier molecular flexibility index (Phi) is 5.08. The highest BCUT2D eigenvalue weighted by molar-refractivity contribution is 8.19. The standard InChI is InChI=1S/C6H16O5SSi/c1-5-11-13(9-3,10-4)12(7,8)6-2/h5-6H2,1-4H3. The molecule has 0 unspecified atom stereocenters. The minimum Gasteiger partial charge on any atom is -0.366 e. The average molecular weight is 228 g/mol. The fraction of sp³-hybridized carbons (Fsp3) is 1.00. The summed E-state index contributed by atoms with van der Waals surface area (Å²) in [5.41, 5.74) is 0. The summed E-state index contributed by atoms with van der Waals surface area (Å²) in [5.74, 6) is -0.0408. The largest absolute Gasteiger partial charge is 0.634 e. The van der Waals surface area contributed by atoms with Gasteiger partial charge in [0.25, 0.3) is 0 Å². The highest BCUT2D eigenvalue weighted by Crippen LogP contribution is 2.16. The molecule has 0 fully saturated rings. The lowest BCUT2D eigenvalue weighted by Gasteiger charge is -2.23. The van der Waals surface area contributed by atoms with Crippen molar-refractivity contribution >= 4 is 17.2 Å². The van der Waals surface area contributed by atoms with E-state index in [9.17, 15) is 8.42 Å². The van der Waals surface area contributed by atoms with Crippen molar-refractivity contribution in [2.24, 2.45) is 0 Å². The van der Waals surface area contributed by atoms with Crippen LogP contribution in [0.1, 0.15) is 13.8 Å². The second-order valence-electron chi connectivity index (χ2n) is 2.24. The quantitative estimate of drug-likeness (QED) is 0.607. The van der Waals surface area contributed by atoms with Crippen molar-refractivity contribution < 1.29 is 21.7 Å². The zero-order valence-corrected chi connectivity index (χ0v) is 10.2. The van der Waals surface area contributed by atoms with Crippen molar-refractivity contribution in [3.8, 4) is 0 Å². The maximum Gasteiger partial charge on any atom is 0.634 e. The highest BCUT2D eigenvalue weighted by Gasteiger charge is 2.53. The summed E-state index contributed by atoms with van der Waals surface area (Å²) >= 11 is 0. The topological polar surface area (TPSA) is 61.8 Å². The zero-order valence-electron chi connectivity index (χ0n) is 8.36. The van der Waals surface area contributed by atoms with E-state index < -0.39 is 17.2 Å². The molecule has 0 amide bonds. The van der Waals surface area contributed by atoms with Gasteiger partial charge in [0.05, 0.1) is 0 Å². The zero-order chi connectivity index (χ0) is 10.5. The van der Waals surface area contributed by atoms with Crippen LogP contribution in [-0.4, -0.2) is 43.0 Å². The first-order valence-electron chi connectivity index (χ1n) is 3.96. The average Bonchev–Trinajstić information content (AvgIpc) is 2.14. The fourth-order valence-corrected chi connectivity index (χ4v) is 6.17. The molecule has 0 N–H and O–H groups in total. The van der Waals surface area contributed by atoms with Crippen LogP contribution in [0.2, 0.25) is 0 Å². The molecule has 0 spiro atoms.